The molecule has 1 aliphatic heterocycles. The van der Waals surface area contributed by atoms with Crippen molar-refractivity contribution >= 4 is 17.5 Å². The first-order valence-electron chi connectivity index (χ1n) is 5.73. The lowest BCUT2D eigenvalue weighted by molar-refractivity contribution is 0.0925. The number of benzene rings is 2. The monoisotopic (exact) mass is 271 g/mol. The molecule has 20 heavy (non-hydrogen) atoms. The number of carbonyl (C=O) groups is 2. The van der Waals surface area contributed by atoms with Crippen LogP contribution in [0.4, 0.5) is 5.69 Å². The SMILES string of the molecule is O=C1c2ccc(O)cc2C(=O)N1c1ccc(O)cc1O. The summed E-state index contributed by atoms with van der Waals surface area (Å²) < 4.78 is 0. The van der Waals surface area contributed by atoms with Crippen molar-refractivity contribution in [2.45, 2.75) is 0 Å². The van der Waals surface area contributed by atoms with Crippen molar-refractivity contribution in [2.24, 2.45) is 0 Å². The third kappa shape index (κ3) is 1.58. The Morgan fingerprint density at radius 2 is 1.35 bits per heavy atom. The molecular weight excluding hydrogens is 262 g/mol. The van der Waals surface area contributed by atoms with Gasteiger partial charge in [-0.3, -0.25) is 9.59 Å². The maximum Gasteiger partial charge on any atom is 0.266 e. The molecule has 6 heteroatoms. The molecule has 0 unspecified atom stereocenters. The fourth-order valence-corrected chi connectivity index (χ4v) is 2.15. The number of hydrogen-bond acceptors (Lipinski definition) is 5. The molecule has 6 nitrogen and oxygen atoms in total. The van der Waals surface area contributed by atoms with Crippen molar-refractivity contribution in [1.82, 2.24) is 0 Å². The third-order valence-electron chi connectivity index (χ3n) is 3.07. The van der Waals surface area contributed by atoms with E-state index in [9.17, 15) is 24.9 Å². The molecule has 0 saturated heterocycles. The van der Waals surface area contributed by atoms with E-state index in [1.54, 1.807) is 0 Å². The quantitative estimate of drug-likeness (QED) is 0.684. The number of imide groups is 1. The summed E-state index contributed by atoms with van der Waals surface area (Å²) in [7, 11) is 0. The molecule has 0 bridgehead atoms. The summed E-state index contributed by atoms with van der Waals surface area (Å²) in [4.78, 5) is 25.2. The molecule has 0 saturated carbocycles. The number of phenols is 3. The lowest BCUT2D eigenvalue weighted by Crippen LogP contribution is -2.29. The van der Waals surface area contributed by atoms with Crippen molar-refractivity contribution in [3.05, 3.63) is 47.5 Å². The van der Waals surface area contributed by atoms with Crippen LogP contribution in [-0.4, -0.2) is 27.1 Å². The van der Waals surface area contributed by atoms with Crippen LogP contribution in [0.15, 0.2) is 36.4 Å². The zero-order valence-electron chi connectivity index (χ0n) is 10.1. The van der Waals surface area contributed by atoms with Crippen molar-refractivity contribution in [3.63, 3.8) is 0 Å². The van der Waals surface area contributed by atoms with Crippen LogP contribution in [0.25, 0.3) is 0 Å². The van der Waals surface area contributed by atoms with E-state index in [-0.39, 0.29) is 34.1 Å². The molecule has 3 rings (SSSR count). The molecule has 0 atom stereocenters. The molecule has 0 aromatic heterocycles. The van der Waals surface area contributed by atoms with Crippen LogP contribution < -0.4 is 4.90 Å². The van der Waals surface area contributed by atoms with Gasteiger partial charge in [-0.15, -0.1) is 0 Å². The number of fused-ring (bicyclic) bond motifs is 1. The normalized spacial score (nSPS) is 13.7. The van der Waals surface area contributed by atoms with Crippen LogP contribution in [-0.2, 0) is 0 Å². The summed E-state index contributed by atoms with van der Waals surface area (Å²) in [6, 6.07) is 7.43. The minimum atomic E-state index is -0.637. The van der Waals surface area contributed by atoms with E-state index in [0.29, 0.717) is 0 Å². The number of amides is 2. The molecule has 1 aliphatic rings. The highest BCUT2D eigenvalue weighted by Crippen LogP contribution is 2.36. The second-order valence-corrected chi connectivity index (χ2v) is 4.35. The Kier molecular flexibility index (Phi) is 2.40. The van der Waals surface area contributed by atoms with E-state index >= 15 is 0 Å². The minimum absolute atomic E-state index is 0.0199. The van der Waals surface area contributed by atoms with E-state index in [1.165, 1.54) is 30.3 Å². The topological polar surface area (TPSA) is 98.1 Å². The highest BCUT2D eigenvalue weighted by atomic mass is 16.3. The van der Waals surface area contributed by atoms with Gasteiger partial charge in [-0.2, -0.15) is 0 Å². The number of aromatic hydroxyl groups is 3. The van der Waals surface area contributed by atoms with Gasteiger partial charge in [0.2, 0.25) is 0 Å². The second kappa shape index (κ2) is 3.99. The zero-order chi connectivity index (χ0) is 14.4. The Morgan fingerprint density at radius 1 is 0.750 bits per heavy atom. The molecular formula is C14H9NO5. The molecule has 0 aliphatic carbocycles. The first-order valence-corrected chi connectivity index (χ1v) is 5.73. The summed E-state index contributed by atoms with van der Waals surface area (Å²) in [6.45, 7) is 0. The lowest BCUT2D eigenvalue weighted by Gasteiger charge is -2.15. The molecule has 0 radical (unpaired) electrons. The molecule has 1 heterocycles. The Balaban J connectivity index is 2.14. The second-order valence-electron chi connectivity index (χ2n) is 4.35. The van der Waals surface area contributed by atoms with Gasteiger partial charge in [0.1, 0.15) is 17.2 Å². The number of anilines is 1. The lowest BCUT2D eigenvalue weighted by atomic mass is 10.1. The smallest absolute Gasteiger partial charge is 0.266 e. The molecule has 2 aromatic carbocycles. The fourth-order valence-electron chi connectivity index (χ4n) is 2.15. The van der Waals surface area contributed by atoms with Crippen LogP contribution in [0.5, 0.6) is 17.2 Å². The van der Waals surface area contributed by atoms with Gasteiger partial charge in [-0.1, -0.05) is 0 Å². The maximum atomic E-state index is 12.2. The zero-order valence-corrected chi connectivity index (χ0v) is 10.1. The summed E-state index contributed by atoms with van der Waals surface area (Å²) in [5, 5.41) is 28.4. The average Bonchev–Trinajstić information content (AvgIpc) is 2.63. The minimum Gasteiger partial charge on any atom is -0.508 e. The molecule has 0 fully saturated rings. The number of carbonyl (C=O) groups excluding carboxylic acids is 2. The number of phenolic OH excluding ortho intramolecular Hbond substituents is 3. The van der Waals surface area contributed by atoms with Crippen molar-refractivity contribution in [2.75, 3.05) is 4.90 Å². The van der Waals surface area contributed by atoms with Crippen molar-refractivity contribution in [1.29, 1.82) is 0 Å². The van der Waals surface area contributed by atoms with Crippen molar-refractivity contribution < 1.29 is 24.9 Å². The summed E-state index contributed by atoms with van der Waals surface area (Å²) in [5.41, 5.74) is 0.205. The van der Waals surface area contributed by atoms with Crippen LogP contribution in [0.3, 0.4) is 0 Å². The highest BCUT2D eigenvalue weighted by Gasteiger charge is 2.38. The van der Waals surface area contributed by atoms with Gasteiger partial charge < -0.3 is 15.3 Å². The third-order valence-corrected chi connectivity index (χ3v) is 3.07. The van der Waals surface area contributed by atoms with Gasteiger partial charge in [-0.05, 0) is 30.3 Å². The summed E-state index contributed by atoms with van der Waals surface area (Å²) in [5.74, 6) is -1.92. The first-order chi connectivity index (χ1) is 9.49. The predicted molar refractivity (Wildman–Crippen MR) is 69.0 cm³/mol. The Hall–Kier alpha value is -3.02. The van der Waals surface area contributed by atoms with E-state index in [2.05, 4.69) is 0 Å². The maximum absolute atomic E-state index is 12.2. The highest BCUT2D eigenvalue weighted by molar-refractivity contribution is 6.34. The number of nitrogens with zero attached hydrogens (tertiary/aromatic N) is 1. The Bertz CT molecular complexity index is 753. The molecule has 3 N–H and O–H groups in total. The molecule has 0 spiro atoms. The fraction of sp³-hybridized carbons (Fsp3) is 0. The van der Waals surface area contributed by atoms with Gasteiger partial charge in [0.05, 0.1) is 16.8 Å². The largest absolute Gasteiger partial charge is 0.508 e. The number of hydrogen-bond donors (Lipinski definition) is 3. The van der Waals surface area contributed by atoms with E-state index in [4.69, 9.17) is 0 Å². The summed E-state index contributed by atoms with van der Waals surface area (Å²) >= 11 is 0. The van der Waals surface area contributed by atoms with Gasteiger partial charge >= 0.3 is 0 Å². The molecule has 100 valence electrons. The van der Waals surface area contributed by atoms with Gasteiger partial charge in [0, 0.05) is 6.07 Å². The first kappa shape index (κ1) is 12.0. The van der Waals surface area contributed by atoms with Crippen molar-refractivity contribution in [3.8, 4) is 17.2 Å². The van der Waals surface area contributed by atoms with Crippen LogP contribution in [0.1, 0.15) is 20.7 Å². The Morgan fingerprint density at radius 3 is 2.05 bits per heavy atom. The van der Waals surface area contributed by atoms with Gasteiger partial charge in [0.15, 0.2) is 0 Å². The van der Waals surface area contributed by atoms with Gasteiger partial charge in [-0.25, -0.2) is 4.90 Å². The summed E-state index contributed by atoms with van der Waals surface area (Å²) in [6.07, 6.45) is 0. The van der Waals surface area contributed by atoms with Gasteiger partial charge in [0.25, 0.3) is 11.8 Å². The predicted octanol–water partition coefficient (Wildman–Crippen LogP) is 1.60. The van der Waals surface area contributed by atoms with E-state index < -0.39 is 11.8 Å². The Labute approximate surface area is 113 Å². The number of rotatable bonds is 1. The van der Waals surface area contributed by atoms with Crippen LogP contribution >= 0.6 is 0 Å². The standard InChI is InChI=1S/C14H9NO5/c16-7-1-3-9-10(5-7)14(20)15(13(9)19)11-4-2-8(17)6-12(11)18/h1-6,16-18H. The average molecular weight is 271 g/mol. The van der Waals surface area contributed by atoms with Crippen LogP contribution in [0, 0.1) is 0 Å². The van der Waals surface area contributed by atoms with E-state index in [0.717, 1.165) is 11.0 Å². The molecule has 2 aromatic rings. The van der Waals surface area contributed by atoms with E-state index in [1.807, 2.05) is 0 Å². The molecule has 2 amide bonds. The van der Waals surface area contributed by atoms with Crippen LogP contribution in [0.2, 0.25) is 0 Å².